The van der Waals surface area contributed by atoms with Crippen LogP contribution in [0.15, 0.2) is 36.7 Å². The zero-order chi connectivity index (χ0) is 22.6. The molecule has 4 heterocycles. The fourth-order valence-electron chi connectivity index (χ4n) is 4.84. The molecule has 10 heteroatoms. The molecule has 174 valence electrons. The van der Waals surface area contributed by atoms with Crippen LogP contribution in [0.25, 0.3) is 11.0 Å². The second-order valence-corrected chi connectivity index (χ2v) is 8.92. The van der Waals surface area contributed by atoms with Crippen molar-refractivity contribution in [3.8, 4) is 5.75 Å². The van der Waals surface area contributed by atoms with Crippen LogP contribution in [0.1, 0.15) is 36.1 Å². The van der Waals surface area contributed by atoms with Crippen molar-refractivity contribution < 1.29 is 22.6 Å². The van der Waals surface area contributed by atoms with Gasteiger partial charge in [0, 0.05) is 24.3 Å². The number of halogens is 3. The van der Waals surface area contributed by atoms with E-state index in [0.29, 0.717) is 18.3 Å². The molecule has 2 aromatic heterocycles. The first-order chi connectivity index (χ1) is 16.0. The van der Waals surface area contributed by atoms with Crippen LogP contribution in [0, 0.1) is 0 Å². The Morgan fingerprint density at radius 1 is 1.15 bits per heavy atom. The fraction of sp³-hybridized carbons (Fsp3) is 0.478. The van der Waals surface area contributed by atoms with Gasteiger partial charge in [-0.3, -0.25) is 4.90 Å². The molecule has 33 heavy (non-hydrogen) atoms. The Bertz CT molecular complexity index is 1160. The molecule has 3 atom stereocenters. The Morgan fingerprint density at radius 3 is 2.82 bits per heavy atom. The molecule has 6 rings (SSSR count). The average molecular weight is 459 g/mol. The van der Waals surface area contributed by atoms with Crippen molar-refractivity contribution in [1.82, 2.24) is 19.9 Å². The van der Waals surface area contributed by atoms with E-state index in [4.69, 9.17) is 9.47 Å². The summed E-state index contributed by atoms with van der Waals surface area (Å²) in [4.78, 5) is 14.1. The summed E-state index contributed by atoms with van der Waals surface area (Å²) in [7, 11) is 0. The minimum absolute atomic E-state index is 0.0232. The highest BCUT2D eigenvalue weighted by Crippen LogP contribution is 2.42. The summed E-state index contributed by atoms with van der Waals surface area (Å²) in [6.45, 7) is 0.465. The van der Waals surface area contributed by atoms with Gasteiger partial charge in [0.05, 0.1) is 24.1 Å². The molecule has 1 saturated heterocycles. The number of nitrogens with zero attached hydrogens (tertiary/aromatic N) is 3. The molecular weight excluding hydrogens is 435 g/mol. The molecule has 1 aromatic carbocycles. The molecule has 1 saturated carbocycles. The minimum Gasteiger partial charge on any atom is -0.491 e. The van der Waals surface area contributed by atoms with Gasteiger partial charge in [0.1, 0.15) is 30.1 Å². The van der Waals surface area contributed by atoms with Crippen LogP contribution >= 0.6 is 0 Å². The Balaban J connectivity index is 1.35. The zero-order valence-electron chi connectivity index (χ0n) is 17.8. The summed E-state index contributed by atoms with van der Waals surface area (Å²) in [5, 5.41) is 4.43. The van der Waals surface area contributed by atoms with Crippen LogP contribution in [0.3, 0.4) is 0 Å². The summed E-state index contributed by atoms with van der Waals surface area (Å²) in [6.07, 6.45) is -2.38. The van der Waals surface area contributed by atoms with Gasteiger partial charge in [-0.25, -0.2) is 9.97 Å². The lowest BCUT2D eigenvalue weighted by molar-refractivity contribution is -0.240. The van der Waals surface area contributed by atoms with E-state index in [1.165, 1.54) is 6.33 Å². The average Bonchev–Trinajstić information content (AvgIpc) is 3.57. The van der Waals surface area contributed by atoms with E-state index in [1.54, 1.807) is 0 Å². The van der Waals surface area contributed by atoms with Crippen LogP contribution in [0.5, 0.6) is 5.75 Å². The van der Waals surface area contributed by atoms with Gasteiger partial charge in [-0.15, -0.1) is 0 Å². The topological polar surface area (TPSA) is 75.3 Å². The van der Waals surface area contributed by atoms with Gasteiger partial charge in [-0.05, 0) is 30.9 Å². The molecule has 1 aliphatic carbocycles. The number of fused-ring (bicyclic) bond motifs is 2. The molecule has 0 bridgehead atoms. The highest BCUT2D eigenvalue weighted by atomic mass is 19.4. The van der Waals surface area contributed by atoms with E-state index in [-0.39, 0.29) is 31.8 Å². The Labute approximate surface area is 188 Å². The third-order valence-electron chi connectivity index (χ3n) is 6.74. The predicted molar refractivity (Wildman–Crippen MR) is 115 cm³/mol. The number of morpholine rings is 1. The van der Waals surface area contributed by atoms with Crippen molar-refractivity contribution in [2.45, 2.75) is 43.1 Å². The number of anilines is 1. The lowest BCUT2D eigenvalue weighted by Gasteiger charge is -2.44. The second-order valence-electron chi connectivity index (χ2n) is 8.92. The molecule has 2 aliphatic heterocycles. The third-order valence-corrected chi connectivity index (χ3v) is 6.74. The molecule has 3 aliphatic rings. The van der Waals surface area contributed by atoms with E-state index in [2.05, 4.69) is 26.3 Å². The Morgan fingerprint density at radius 2 is 2.00 bits per heavy atom. The van der Waals surface area contributed by atoms with E-state index < -0.39 is 12.3 Å². The molecular formula is C23H24F3N5O2. The summed E-state index contributed by atoms with van der Waals surface area (Å²) in [6, 6.07) is 9.10. The van der Waals surface area contributed by atoms with E-state index in [0.717, 1.165) is 40.9 Å². The van der Waals surface area contributed by atoms with Crippen molar-refractivity contribution in [3.05, 3.63) is 47.9 Å². The molecule has 7 nitrogen and oxygen atoms in total. The number of nitrogens with one attached hydrogen (secondary N) is 2. The van der Waals surface area contributed by atoms with Crippen LogP contribution in [-0.4, -0.2) is 64.5 Å². The summed E-state index contributed by atoms with van der Waals surface area (Å²) >= 11 is 0. The van der Waals surface area contributed by atoms with Gasteiger partial charge < -0.3 is 19.8 Å². The minimum atomic E-state index is -4.40. The molecule has 0 radical (unpaired) electrons. The van der Waals surface area contributed by atoms with Gasteiger partial charge in [-0.1, -0.05) is 18.2 Å². The molecule has 2 fully saturated rings. The number of ether oxygens (including phenoxy) is 2. The normalized spacial score (nSPS) is 26.1. The van der Waals surface area contributed by atoms with E-state index >= 15 is 0 Å². The van der Waals surface area contributed by atoms with Crippen LogP contribution in [-0.2, 0) is 4.74 Å². The van der Waals surface area contributed by atoms with E-state index in [9.17, 15) is 13.2 Å². The number of aromatic amines is 1. The monoisotopic (exact) mass is 459 g/mol. The van der Waals surface area contributed by atoms with Crippen molar-refractivity contribution in [2.24, 2.45) is 0 Å². The highest BCUT2D eigenvalue weighted by molar-refractivity contribution is 5.88. The first-order valence-corrected chi connectivity index (χ1v) is 11.2. The summed E-state index contributed by atoms with van der Waals surface area (Å²) < 4.78 is 51.2. The largest absolute Gasteiger partial charge is 0.491 e. The molecule has 3 aromatic rings. The quantitative estimate of drug-likeness (QED) is 0.614. The maximum absolute atomic E-state index is 13.4. The second kappa shape index (κ2) is 7.88. The lowest BCUT2D eigenvalue weighted by atomic mass is 9.94. The maximum atomic E-state index is 13.4. The Hall–Kier alpha value is -2.85. The number of aromatic nitrogens is 3. The van der Waals surface area contributed by atoms with Gasteiger partial charge in [-0.2, -0.15) is 13.2 Å². The van der Waals surface area contributed by atoms with Crippen LogP contribution in [0.2, 0.25) is 0 Å². The zero-order valence-corrected chi connectivity index (χ0v) is 17.8. The molecule has 2 N–H and O–H groups in total. The van der Waals surface area contributed by atoms with Crippen molar-refractivity contribution >= 4 is 16.9 Å². The highest BCUT2D eigenvalue weighted by Gasteiger charge is 2.46. The van der Waals surface area contributed by atoms with Gasteiger partial charge in [0.15, 0.2) is 6.10 Å². The van der Waals surface area contributed by atoms with Gasteiger partial charge >= 0.3 is 6.18 Å². The number of H-pyrrole nitrogens is 1. The molecule has 0 spiro atoms. The van der Waals surface area contributed by atoms with Crippen LogP contribution in [0.4, 0.5) is 19.0 Å². The summed E-state index contributed by atoms with van der Waals surface area (Å²) in [5.74, 6) is 1.93. The van der Waals surface area contributed by atoms with Gasteiger partial charge in [0.25, 0.3) is 0 Å². The SMILES string of the molecule is FC(F)(F)[C@H]1CN([C@H]2COc3ccccc3[C@@H]2Nc2ncnc3[nH]c(C4CC4)cc23)CCO1. The van der Waals surface area contributed by atoms with Crippen LogP contribution < -0.4 is 10.1 Å². The van der Waals surface area contributed by atoms with Crippen molar-refractivity contribution in [2.75, 3.05) is 31.6 Å². The number of para-hydroxylation sites is 1. The molecule has 0 unspecified atom stereocenters. The Kier molecular flexibility index (Phi) is 4.95. The van der Waals surface area contributed by atoms with E-state index in [1.807, 2.05) is 29.2 Å². The number of hydrogen-bond donors (Lipinski definition) is 2. The number of benzene rings is 1. The summed E-state index contributed by atoms with van der Waals surface area (Å²) in [5.41, 5.74) is 2.81. The standard InChI is InChI=1S/C23H24F3N5O2/c24-23(25,26)19-10-31(7-8-32-19)17-11-33-18-4-2-1-3-14(18)20(17)30-22-15-9-16(13-5-6-13)29-21(15)27-12-28-22/h1-4,9,12-13,17,19-20H,5-8,10-11H2,(H2,27,28,29,30)/t17-,19+,20-/m0/s1. The predicted octanol–water partition coefficient (Wildman–Crippen LogP) is 4.01. The number of alkyl halides is 3. The first kappa shape index (κ1) is 20.7. The number of hydrogen-bond acceptors (Lipinski definition) is 6. The molecule has 0 amide bonds. The van der Waals surface area contributed by atoms with Crippen molar-refractivity contribution in [3.63, 3.8) is 0 Å². The maximum Gasteiger partial charge on any atom is 0.415 e. The third kappa shape index (κ3) is 3.91. The number of rotatable bonds is 4. The first-order valence-electron chi connectivity index (χ1n) is 11.2. The van der Waals surface area contributed by atoms with Crippen molar-refractivity contribution in [1.29, 1.82) is 0 Å². The fourth-order valence-corrected chi connectivity index (χ4v) is 4.84. The smallest absolute Gasteiger partial charge is 0.415 e. The lowest BCUT2D eigenvalue weighted by Crippen LogP contribution is -2.57. The van der Waals surface area contributed by atoms with Gasteiger partial charge in [0.2, 0.25) is 0 Å².